The van der Waals surface area contributed by atoms with Gasteiger partial charge in [0.25, 0.3) is 0 Å². The molecule has 0 unspecified atom stereocenters. The second-order valence-corrected chi connectivity index (χ2v) is 2.39. The number of fused-ring (bicyclic) bond motifs is 1. The number of nitrogens with zero attached hydrogens (tertiary/aromatic N) is 2. The second-order valence-electron chi connectivity index (χ2n) is 2.39. The lowest BCUT2D eigenvalue weighted by molar-refractivity contribution is 0.563. The maximum absolute atomic E-state index is 10.4. The number of hydrogen-bond acceptors (Lipinski definition) is 3. The predicted molar refractivity (Wildman–Crippen MR) is 44.3 cm³/mol. The lowest BCUT2D eigenvalue weighted by Gasteiger charge is -1.96. The average molecular weight is 157 g/mol. The molecule has 2 aromatic heterocycles. The summed E-state index contributed by atoms with van der Waals surface area (Å²) in [6.07, 6.45) is 8.29. The minimum Gasteiger partial charge on any atom is -0.285 e. The molecule has 0 bridgehead atoms. The fraction of sp³-hybridized carbons (Fsp3) is 0. The first-order chi connectivity index (χ1) is 5.92. The van der Waals surface area contributed by atoms with E-state index in [1.54, 1.807) is 18.6 Å². The summed E-state index contributed by atoms with van der Waals surface area (Å²) in [7, 11) is 0. The monoisotopic (exact) mass is 157 g/mol. The van der Waals surface area contributed by atoms with E-state index in [0.717, 1.165) is 10.8 Å². The van der Waals surface area contributed by atoms with Crippen molar-refractivity contribution < 1.29 is 4.79 Å². The molecule has 0 aliphatic heterocycles. The highest BCUT2D eigenvalue weighted by Gasteiger charge is 1.99. The Kier molecular flexibility index (Phi) is 1.55. The Labute approximate surface area is 69.1 Å². The first kappa shape index (κ1) is 6.91. The summed E-state index contributed by atoms with van der Waals surface area (Å²) >= 11 is 0. The van der Waals surface area contributed by atoms with Crippen molar-refractivity contribution in [1.82, 2.24) is 9.97 Å². The molecule has 0 fully saturated rings. The van der Waals surface area contributed by atoms with Crippen LogP contribution in [0.5, 0.6) is 0 Å². The molecule has 1 radical (unpaired) electrons. The third-order valence-corrected chi connectivity index (χ3v) is 1.67. The fourth-order valence-corrected chi connectivity index (χ4v) is 1.09. The van der Waals surface area contributed by atoms with Crippen LogP contribution in [0.3, 0.4) is 0 Å². The largest absolute Gasteiger partial charge is 0.285 e. The maximum atomic E-state index is 10.4. The Morgan fingerprint density at radius 2 is 2.08 bits per heavy atom. The van der Waals surface area contributed by atoms with Crippen molar-refractivity contribution in [3.63, 3.8) is 0 Å². The van der Waals surface area contributed by atoms with Crippen molar-refractivity contribution in [3.8, 4) is 0 Å². The van der Waals surface area contributed by atoms with Gasteiger partial charge in [-0.2, -0.15) is 0 Å². The molecule has 0 atom stereocenters. The number of hydrogen-bond donors (Lipinski definition) is 0. The van der Waals surface area contributed by atoms with Crippen LogP contribution in [-0.2, 0) is 4.79 Å². The molecule has 2 heterocycles. The van der Waals surface area contributed by atoms with Crippen LogP contribution in [0.2, 0.25) is 0 Å². The van der Waals surface area contributed by atoms with Crippen molar-refractivity contribution in [2.75, 3.05) is 0 Å². The van der Waals surface area contributed by atoms with Gasteiger partial charge in [0.05, 0.1) is 5.56 Å². The lowest BCUT2D eigenvalue weighted by Crippen LogP contribution is -1.86. The molecule has 3 nitrogen and oxygen atoms in total. The summed E-state index contributed by atoms with van der Waals surface area (Å²) in [5.74, 6) is 0. The van der Waals surface area contributed by atoms with E-state index < -0.39 is 0 Å². The molecule has 2 aromatic rings. The third kappa shape index (κ3) is 0.955. The van der Waals surface area contributed by atoms with E-state index in [0.29, 0.717) is 5.56 Å². The molecule has 57 valence electrons. The van der Waals surface area contributed by atoms with Crippen molar-refractivity contribution in [2.45, 2.75) is 0 Å². The van der Waals surface area contributed by atoms with Crippen LogP contribution >= 0.6 is 0 Å². The molecule has 0 saturated heterocycles. The summed E-state index contributed by atoms with van der Waals surface area (Å²) in [6, 6.07) is 1.81. The molecule has 2 rings (SSSR count). The quantitative estimate of drug-likeness (QED) is 0.622. The van der Waals surface area contributed by atoms with Crippen molar-refractivity contribution in [2.24, 2.45) is 0 Å². The van der Waals surface area contributed by atoms with Gasteiger partial charge in [0.2, 0.25) is 6.29 Å². The highest BCUT2D eigenvalue weighted by Crippen LogP contribution is 2.13. The molecule has 0 saturated carbocycles. The highest BCUT2D eigenvalue weighted by molar-refractivity contribution is 5.96. The highest BCUT2D eigenvalue weighted by atomic mass is 16.1. The van der Waals surface area contributed by atoms with Crippen LogP contribution in [0.1, 0.15) is 5.56 Å². The normalized spacial score (nSPS) is 10.0. The third-order valence-electron chi connectivity index (χ3n) is 1.67. The second kappa shape index (κ2) is 2.70. The summed E-state index contributed by atoms with van der Waals surface area (Å²) in [6.45, 7) is 0. The number of carbonyl (C=O) groups excluding carboxylic acids is 1. The van der Waals surface area contributed by atoms with Crippen LogP contribution in [-0.4, -0.2) is 16.3 Å². The van der Waals surface area contributed by atoms with Crippen LogP contribution in [0.4, 0.5) is 0 Å². The van der Waals surface area contributed by atoms with Gasteiger partial charge in [-0.3, -0.25) is 14.8 Å². The minimum absolute atomic E-state index is 0.459. The molecule has 0 N–H and O–H groups in total. The van der Waals surface area contributed by atoms with E-state index in [9.17, 15) is 4.79 Å². The van der Waals surface area contributed by atoms with Crippen LogP contribution in [0.25, 0.3) is 10.8 Å². The molecule has 0 amide bonds. The Morgan fingerprint density at radius 3 is 2.92 bits per heavy atom. The molecule has 0 aromatic carbocycles. The van der Waals surface area contributed by atoms with Gasteiger partial charge in [-0.05, 0) is 6.07 Å². The van der Waals surface area contributed by atoms with E-state index in [-0.39, 0.29) is 0 Å². The van der Waals surface area contributed by atoms with Crippen molar-refractivity contribution >= 4 is 17.1 Å². The van der Waals surface area contributed by atoms with Crippen LogP contribution < -0.4 is 0 Å². The zero-order valence-electron chi connectivity index (χ0n) is 6.19. The maximum Gasteiger partial charge on any atom is 0.235 e. The Hall–Kier alpha value is -1.77. The van der Waals surface area contributed by atoms with E-state index in [2.05, 4.69) is 9.97 Å². The first-order valence-electron chi connectivity index (χ1n) is 3.47. The summed E-state index contributed by atoms with van der Waals surface area (Å²) < 4.78 is 0. The van der Waals surface area contributed by atoms with E-state index in [4.69, 9.17) is 0 Å². The zero-order chi connectivity index (χ0) is 8.39. The number of aromatic nitrogens is 2. The topological polar surface area (TPSA) is 42.9 Å². The molecule has 0 aliphatic carbocycles. The van der Waals surface area contributed by atoms with E-state index in [1.165, 1.54) is 6.20 Å². The zero-order valence-corrected chi connectivity index (χ0v) is 6.19. The van der Waals surface area contributed by atoms with E-state index in [1.807, 2.05) is 12.4 Å². The predicted octanol–water partition coefficient (Wildman–Crippen LogP) is 1.09. The average Bonchev–Trinajstić information content (AvgIpc) is 2.17. The van der Waals surface area contributed by atoms with Crippen LogP contribution in [0, 0.1) is 0 Å². The molecule has 3 heteroatoms. The van der Waals surface area contributed by atoms with E-state index >= 15 is 0 Å². The van der Waals surface area contributed by atoms with Gasteiger partial charge in [0, 0.05) is 35.6 Å². The Balaban J connectivity index is 2.88. The fourth-order valence-electron chi connectivity index (χ4n) is 1.09. The number of rotatable bonds is 1. The van der Waals surface area contributed by atoms with Gasteiger partial charge in [-0.1, -0.05) is 0 Å². The molecule has 12 heavy (non-hydrogen) atoms. The van der Waals surface area contributed by atoms with Gasteiger partial charge < -0.3 is 0 Å². The Morgan fingerprint density at radius 1 is 1.17 bits per heavy atom. The summed E-state index contributed by atoms with van der Waals surface area (Å²) in [5.41, 5.74) is 0.459. The number of pyridine rings is 2. The van der Waals surface area contributed by atoms with Gasteiger partial charge in [-0.25, -0.2) is 0 Å². The molecule has 0 spiro atoms. The van der Waals surface area contributed by atoms with Crippen LogP contribution in [0.15, 0.2) is 30.9 Å². The SMILES string of the molecule is O=[C]c1cncc2ccncc12. The lowest BCUT2D eigenvalue weighted by atomic mass is 10.1. The van der Waals surface area contributed by atoms with Gasteiger partial charge in [0.1, 0.15) is 0 Å². The van der Waals surface area contributed by atoms with Gasteiger partial charge in [-0.15, -0.1) is 0 Å². The summed E-state index contributed by atoms with van der Waals surface area (Å²) in [5, 5.41) is 1.70. The smallest absolute Gasteiger partial charge is 0.235 e. The van der Waals surface area contributed by atoms with Crippen molar-refractivity contribution in [1.29, 1.82) is 0 Å². The van der Waals surface area contributed by atoms with Crippen molar-refractivity contribution in [3.05, 3.63) is 36.4 Å². The molecular formula is C9H5N2O. The van der Waals surface area contributed by atoms with Gasteiger partial charge in [0.15, 0.2) is 0 Å². The molecular weight excluding hydrogens is 152 g/mol. The summed E-state index contributed by atoms with van der Waals surface area (Å²) in [4.78, 5) is 18.2. The first-order valence-corrected chi connectivity index (χ1v) is 3.47. The Bertz CT molecular complexity index is 420. The van der Waals surface area contributed by atoms with Gasteiger partial charge >= 0.3 is 0 Å². The standard InChI is InChI=1S/C9H5N2O/c12-6-8-4-11-3-7-1-2-10-5-9(7)8/h1-5H. The molecule has 0 aliphatic rings. The minimum atomic E-state index is 0.459.